The van der Waals surface area contributed by atoms with Crippen LogP contribution in [0.5, 0.6) is 0 Å². The molecule has 0 bridgehead atoms. The highest BCUT2D eigenvalue weighted by atomic mass is 79.9. The van der Waals surface area contributed by atoms with Crippen molar-refractivity contribution in [1.29, 1.82) is 0 Å². The fourth-order valence-electron chi connectivity index (χ4n) is 2.95. The number of carbonyl (C=O) groups is 2. The van der Waals surface area contributed by atoms with Crippen molar-refractivity contribution in [2.45, 2.75) is 38.6 Å². The highest BCUT2D eigenvalue weighted by Crippen LogP contribution is 2.35. The van der Waals surface area contributed by atoms with Crippen LogP contribution in [-0.2, 0) is 15.1 Å². The number of hydrogen-bond acceptors (Lipinski definition) is 5. The van der Waals surface area contributed by atoms with Gasteiger partial charge in [-0.25, -0.2) is 0 Å². The van der Waals surface area contributed by atoms with Gasteiger partial charge in [0.05, 0.1) is 11.2 Å². The monoisotopic (exact) mass is 406 g/mol. The van der Waals surface area contributed by atoms with E-state index in [2.05, 4.69) is 31.4 Å². The molecule has 1 atom stereocenters. The normalized spacial score (nSPS) is 17.8. The van der Waals surface area contributed by atoms with Crippen LogP contribution in [0.25, 0.3) is 0 Å². The highest BCUT2D eigenvalue weighted by Gasteiger charge is 2.39. The molecule has 0 aliphatic carbocycles. The Labute approximate surface area is 153 Å². The van der Waals surface area contributed by atoms with Gasteiger partial charge in [-0.1, -0.05) is 17.3 Å². The largest absolute Gasteiger partial charge is 0.344 e. The molecule has 0 unspecified atom stereocenters. The number of aromatic nitrogens is 2. The number of hydrogen-bond donors (Lipinski definition) is 1. The zero-order valence-electron chi connectivity index (χ0n) is 14.2. The fourth-order valence-corrected chi connectivity index (χ4v) is 3.44. The highest BCUT2D eigenvalue weighted by molar-refractivity contribution is 9.10. The minimum Gasteiger partial charge on any atom is -0.344 e. The van der Waals surface area contributed by atoms with E-state index in [4.69, 9.17) is 4.52 Å². The zero-order chi connectivity index (χ0) is 18.2. The van der Waals surface area contributed by atoms with Gasteiger partial charge in [-0.05, 0) is 48.3 Å². The van der Waals surface area contributed by atoms with Gasteiger partial charge in [-0.15, -0.1) is 0 Å². The maximum Gasteiger partial charge on any atom is 0.239 e. The number of amides is 2. The van der Waals surface area contributed by atoms with Gasteiger partial charge in [-0.2, -0.15) is 4.98 Å². The van der Waals surface area contributed by atoms with Crippen molar-refractivity contribution in [2.75, 3.05) is 11.4 Å². The van der Waals surface area contributed by atoms with Gasteiger partial charge < -0.3 is 14.7 Å². The van der Waals surface area contributed by atoms with Crippen LogP contribution in [0.2, 0.25) is 0 Å². The summed E-state index contributed by atoms with van der Waals surface area (Å²) in [5, 5.41) is 6.72. The zero-order valence-corrected chi connectivity index (χ0v) is 15.8. The summed E-state index contributed by atoms with van der Waals surface area (Å²) >= 11 is 3.48. The third-order valence-corrected chi connectivity index (χ3v) is 4.81. The van der Waals surface area contributed by atoms with E-state index in [0.717, 1.165) is 10.2 Å². The molecule has 2 amide bonds. The second-order valence-electron chi connectivity index (χ2n) is 6.54. The van der Waals surface area contributed by atoms with Crippen LogP contribution in [0.1, 0.15) is 44.8 Å². The number of nitrogens with one attached hydrogen (secondary N) is 1. The fraction of sp³-hybridized carbons (Fsp3) is 0.412. The van der Waals surface area contributed by atoms with Gasteiger partial charge in [0.15, 0.2) is 5.82 Å². The van der Waals surface area contributed by atoms with E-state index in [1.807, 2.05) is 24.3 Å². The number of rotatable bonds is 4. The molecule has 1 aromatic heterocycles. The van der Waals surface area contributed by atoms with E-state index in [-0.39, 0.29) is 17.7 Å². The number of anilines is 1. The Bertz CT molecular complexity index is 818. The van der Waals surface area contributed by atoms with Crippen LogP contribution in [0.3, 0.4) is 0 Å². The van der Waals surface area contributed by atoms with Crippen LogP contribution >= 0.6 is 15.9 Å². The Kier molecular flexibility index (Phi) is 4.64. The minimum atomic E-state index is -0.766. The molecular formula is C17H19BrN4O3. The van der Waals surface area contributed by atoms with E-state index in [0.29, 0.717) is 18.8 Å². The number of carbonyl (C=O) groups excluding carboxylic acids is 2. The molecule has 0 saturated carbocycles. The summed E-state index contributed by atoms with van der Waals surface area (Å²) in [6, 6.07) is 7.58. The Morgan fingerprint density at radius 3 is 2.80 bits per heavy atom. The van der Waals surface area contributed by atoms with Gasteiger partial charge in [0, 0.05) is 17.9 Å². The lowest BCUT2D eigenvalue weighted by Gasteiger charge is -2.21. The molecule has 1 fully saturated rings. The standard InChI is InChI=1S/C17H19BrN4O3/c1-10(23)20-17(2,3)16-19-14(25-21-16)11-8-9-22(15(11)24)13-7-5-4-6-12(13)18/h4-7,11H,8-9H2,1-3H3,(H,20,23)/t11-/m1/s1. The third-order valence-electron chi connectivity index (χ3n) is 4.14. The average Bonchev–Trinajstić information content (AvgIpc) is 3.14. The Morgan fingerprint density at radius 1 is 1.40 bits per heavy atom. The number of halogens is 1. The number of benzene rings is 1. The summed E-state index contributed by atoms with van der Waals surface area (Å²) in [6.07, 6.45) is 0.600. The molecule has 1 aliphatic rings. The van der Waals surface area contributed by atoms with Gasteiger partial charge in [0.25, 0.3) is 0 Å². The minimum absolute atomic E-state index is 0.0700. The van der Waals surface area contributed by atoms with Crippen molar-refractivity contribution in [3.05, 3.63) is 40.5 Å². The summed E-state index contributed by atoms with van der Waals surface area (Å²) in [7, 11) is 0. The Balaban J connectivity index is 1.81. The van der Waals surface area contributed by atoms with Crippen molar-refractivity contribution in [3.8, 4) is 0 Å². The lowest BCUT2D eigenvalue weighted by molar-refractivity contribution is -0.121. The van der Waals surface area contributed by atoms with Crippen LogP contribution in [-0.4, -0.2) is 28.5 Å². The van der Waals surface area contributed by atoms with Crippen molar-refractivity contribution in [2.24, 2.45) is 0 Å². The maximum absolute atomic E-state index is 12.8. The predicted octanol–water partition coefficient (Wildman–Crippen LogP) is 2.72. The predicted molar refractivity (Wildman–Crippen MR) is 95.0 cm³/mol. The first-order valence-corrected chi connectivity index (χ1v) is 8.77. The van der Waals surface area contributed by atoms with Crippen molar-refractivity contribution in [3.63, 3.8) is 0 Å². The molecule has 1 aromatic carbocycles. The summed E-state index contributed by atoms with van der Waals surface area (Å²) < 4.78 is 6.19. The number of nitrogens with zero attached hydrogens (tertiary/aromatic N) is 3. The molecule has 7 nitrogen and oxygen atoms in total. The van der Waals surface area contributed by atoms with Crippen molar-refractivity contribution < 1.29 is 14.1 Å². The van der Waals surface area contributed by atoms with E-state index in [1.165, 1.54) is 6.92 Å². The summed E-state index contributed by atoms with van der Waals surface area (Å²) in [5.41, 5.74) is 0.0607. The topological polar surface area (TPSA) is 88.3 Å². The molecule has 3 rings (SSSR count). The molecule has 1 saturated heterocycles. The molecule has 1 aliphatic heterocycles. The Hall–Kier alpha value is -2.22. The first kappa shape index (κ1) is 17.6. The van der Waals surface area contributed by atoms with Crippen LogP contribution in [0.4, 0.5) is 5.69 Å². The smallest absolute Gasteiger partial charge is 0.239 e. The van der Waals surface area contributed by atoms with E-state index >= 15 is 0 Å². The summed E-state index contributed by atoms with van der Waals surface area (Å²) in [5.74, 6) is -0.0906. The first-order chi connectivity index (χ1) is 11.8. The van der Waals surface area contributed by atoms with Crippen molar-refractivity contribution in [1.82, 2.24) is 15.5 Å². The molecule has 2 aromatic rings. The first-order valence-electron chi connectivity index (χ1n) is 7.98. The van der Waals surface area contributed by atoms with E-state index in [1.54, 1.807) is 18.7 Å². The van der Waals surface area contributed by atoms with Crippen LogP contribution in [0, 0.1) is 0 Å². The molecule has 1 N–H and O–H groups in total. The van der Waals surface area contributed by atoms with Gasteiger partial charge in [-0.3, -0.25) is 9.59 Å². The lowest BCUT2D eigenvalue weighted by atomic mass is 10.0. The second kappa shape index (κ2) is 6.59. The molecule has 132 valence electrons. The van der Waals surface area contributed by atoms with E-state index in [9.17, 15) is 9.59 Å². The van der Waals surface area contributed by atoms with Crippen molar-refractivity contribution >= 4 is 33.4 Å². The van der Waals surface area contributed by atoms with Gasteiger partial charge in [0.1, 0.15) is 5.92 Å². The molecule has 25 heavy (non-hydrogen) atoms. The molecule has 0 spiro atoms. The lowest BCUT2D eigenvalue weighted by Crippen LogP contribution is -2.40. The Morgan fingerprint density at radius 2 is 2.12 bits per heavy atom. The molecule has 2 heterocycles. The molecular weight excluding hydrogens is 388 g/mol. The molecule has 8 heteroatoms. The summed E-state index contributed by atoms with van der Waals surface area (Å²) in [4.78, 5) is 30.2. The second-order valence-corrected chi connectivity index (χ2v) is 7.40. The van der Waals surface area contributed by atoms with Gasteiger partial charge >= 0.3 is 0 Å². The maximum atomic E-state index is 12.8. The number of para-hydroxylation sites is 1. The third kappa shape index (κ3) is 3.44. The van der Waals surface area contributed by atoms with Crippen LogP contribution in [0.15, 0.2) is 33.3 Å². The SMILES string of the molecule is CC(=O)NC(C)(C)c1noc([C@H]2CCN(c3ccccc3Br)C2=O)n1. The van der Waals surface area contributed by atoms with E-state index < -0.39 is 11.5 Å². The quantitative estimate of drug-likeness (QED) is 0.842. The average molecular weight is 407 g/mol. The molecule has 0 radical (unpaired) electrons. The van der Waals surface area contributed by atoms with Crippen LogP contribution < -0.4 is 10.2 Å². The summed E-state index contributed by atoms with van der Waals surface area (Å²) in [6.45, 7) is 5.58. The van der Waals surface area contributed by atoms with Gasteiger partial charge in [0.2, 0.25) is 17.7 Å².